The molecule has 0 aliphatic rings. The van der Waals surface area contributed by atoms with Crippen LogP contribution in [0.25, 0.3) is 0 Å². The summed E-state index contributed by atoms with van der Waals surface area (Å²) >= 11 is 0. The van der Waals surface area contributed by atoms with Gasteiger partial charge < -0.3 is 0 Å². The van der Waals surface area contributed by atoms with E-state index in [0.717, 1.165) is 6.42 Å². The lowest BCUT2D eigenvalue weighted by atomic mass is 9.91. The zero-order valence-corrected chi connectivity index (χ0v) is 8.09. The minimum absolute atomic E-state index is 0.173. The number of hydrogen-bond donors (Lipinski definition) is 0. The third-order valence-electron chi connectivity index (χ3n) is 1.39. The monoisotopic (exact) mass is 153 g/mol. The number of hydrogen-bond acceptors (Lipinski definition) is 1. The van der Waals surface area contributed by atoms with E-state index in [4.69, 9.17) is 0 Å². The Kier molecular flexibility index (Phi) is 4.09. The normalized spacial score (nSPS) is 12.8. The van der Waals surface area contributed by atoms with Gasteiger partial charge in [-0.3, -0.25) is 4.99 Å². The van der Waals surface area contributed by atoms with Gasteiger partial charge in [-0.15, -0.1) is 6.58 Å². The lowest BCUT2D eigenvalue weighted by Gasteiger charge is -2.16. The molecule has 0 heterocycles. The van der Waals surface area contributed by atoms with Gasteiger partial charge in [0.1, 0.15) is 0 Å². The van der Waals surface area contributed by atoms with E-state index in [2.05, 4.69) is 39.3 Å². The summed E-state index contributed by atoms with van der Waals surface area (Å²) in [5, 5.41) is 0. The molecule has 11 heavy (non-hydrogen) atoms. The summed E-state index contributed by atoms with van der Waals surface area (Å²) in [6, 6.07) is 0.402. The third kappa shape index (κ3) is 5.84. The molecule has 0 unspecified atom stereocenters. The van der Waals surface area contributed by atoms with Gasteiger partial charge >= 0.3 is 0 Å². The van der Waals surface area contributed by atoms with E-state index in [-0.39, 0.29) is 5.41 Å². The molecule has 0 aliphatic heterocycles. The summed E-state index contributed by atoms with van der Waals surface area (Å²) in [5.74, 6) is 0. The van der Waals surface area contributed by atoms with Crippen molar-refractivity contribution >= 4 is 6.21 Å². The summed E-state index contributed by atoms with van der Waals surface area (Å²) in [7, 11) is 0. The van der Waals surface area contributed by atoms with Crippen molar-refractivity contribution in [2.75, 3.05) is 0 Å². The zero-order valence-electron chi connectivity index (χ0n) is 8.09. The molecule has 0 rings (SSSR count). The van der Waals surface area contributed by atoms with Crippen molar-refractivity contribution < 1.29 is 0 Å². The second-order valence-electron chi connectivity index (χ2n) is 3.85. The van der Waals surface area contributed by atoms with E-state index in [1.165, 1.54) is 0 Å². The number of aliphatic imine (C=N–C) groups is 1. The highest BCUT2D eigenvalue weighted by Gasteiger charge is 2.11. The van der Waals surface area contributed by atoms with Crippen LogP contribution >= 0.6 is 0 Å². The fourth-order valence-electron chi connectivity index (χ4n) is 0.776. The van der Waals surface area contributed by atoms with Crippen LogP contribution in [-0.2, 0) is 0 Å². The molecule has 64 valence electrons. The topological polar surface area (TPSA) is 12.4 Å². The Morgan fingerprint density at radius 1 is 1.45 bits per heavy atom. The van der Waals surface area contributed by atoms with Crippen molar-refractivity contribution in [1.29, 1.82) is 0 Å². The fraction of sp³-hybridized carbons (Fsp3) is 0.700. The van der Waals surface area contributed by atoms with Crippen LogP contribution < -0.4 is 0 Å². The number of allylic oxidation sites excluding steroid dienone is 1. The highest BCUT2D eigenvalue weighted by Crippen LogP contribution is 2.17. The standard InChI is InChI=1S/C10H19N/c1-6-7-10(4,5)8-11-9(2)3/h6,8-9H,1,7H2,2-5H3. The molecular formula is C10H19N. The van der Waals surface area contributed by atoms with E-state index < -0.39 is 0 Å². The van der Waals surface area contributed by atoms with Crippen molar-refractivity contribution in [1.82, 2.24) is 0 Å². The molecule has 0 amide bonds. The molecule has 0 atom stereocenters. The first-order chi connectivity index (χ1) is 4.98. The molecule has 0 saturated heterocycles. The molecule has 1 heteroatoms. The Morgan fingerprint density at radius 2 is 2.00 bits per heavy atom. The molecule has 0 saturated carbocycles. The maximum absolute atomic E-state index is 4.34. The van der Waals surface area contributed by atoms with E-state index in [0.29, 0.717) is 6.04 Å². The smallest absolute Gasteiger partial charge is 0.0439 e. The molecule has 0 aliphatic carbocycles. The zero-order chi connectivity index (χ0) is 8.91. The molecular weight excluding hydrogens is 134 g/mol. The predicted octanol–water partition coefficient (Wildman–Crippen LogP) is 3.07. The first-order valence-corrected chi connectivity index (χ1v) is 4.13. The Hall–Kier alpha value is -0.590. The third-order valence-corrected chi connectivity index (χ3v) is 1.39. The maximum atomic E-state index is 4.34. The van der Waals surface area contributed by atoms with Gasteiger partial charge in [-0.25, -0.2) is 0 Å². The predicted molar refractivity (Wildman–Crippen MR) is 52.2 cm³/mol. The summed E-state index contributed by atoms with van der Waals surface area (Å²) in [5.41, 5.74) is 0.173. The Balaban J connectivity index is 3.99. The van der Waals surface area contributed by atoms with Gasteiger partial charge in [-0.05, 0) is 20.3 Å². The van der Waals surface area contributed by atoms with Crippen LogP contribution in [0.1, 0.15) is 34.1 Å². The van der Waals surface area contributed by atoms with Crippen molar-refractivity contribution in [3.8, 4) is 0 Å². The lowest BCUT2D eigenvalue weighted by molar-refractivity contribution is 0.542. The van der Waals surface area contributed by atoms with Crippen molar-refractivity contribution in [3.05, 3.63) is 12.7 Å². The van der Waals surface area contributed by atoms with Gasteiger partial charge in [-0.1, -0.05) is 19.9 Å². The van der Waals surface area contributed by atoms with Gasteiger partial charge in [0, 0.05) is 17.7 Å². The van der Waals surface area contributed by atoms with Gasteiger partial charge in [0.05, 0.1) is 0 Å². The first kappa shape index (κ1) is 10.4. The lowest BCUT2D eigenvalue weighted by Crippen LogP contribution is -2.12. The SMILES string of the molecule is C=CCC(C)(C)C=NC(C)C. The highest BCUT2D eigenvalue weighted by molar-refractivity contribution is 5.65. The second kappa shape index (κ2) is 4.32. The Bertz CT molecular complexity index is 143. The first-order valence-electron chi connectivity index (χ1n) is 4.13. The van der Waals surface area contributed by atoms with E-state index in [1.54, 1.807) is 0 Å². The van der Waals surface area contributed by atoms with Crippen LogP contribution in [0.5, 0.6) is 0 Å². The quantitative estimate of drug-likeness (QED) is 0.435. The minimum Gasteiger partial charge on any atom is -0.294 e. The Labute approximate surface area is 70.2 Å². The van der Waals surface area contributed by atoms with Crippen molar-refractivity contribution in [2.45, 2.75) is 40.2 Å². The molecule has 0 aromatic heterocycles. The molecule has 1 nitrogen and oxygen atoms in total. The summed E-state index contributed by atoms with van der Waals surface area (Å²) in [6.07, 6.45) is 4.95. The number of rotatable bonds is 4. The van der Waals surface area contributed by atoms with E-state index >= 15 is 0 Å². The van der Waals surface area contributed by atoms with E-state index in [1.807, 2.05) is 12.3 Å². The van der Waals surface area contributed by atoms with Crippen molar-refractivity contribution in [2.24, 2.45) is 10.4 Å². The molecule has 0 aromatic carbocycles. The van der Waals surface area contributed by atoms with Crippen LogP contribution in [0.2, 0.25) is 0 Å². The fourth-order valence-corrected chi connectivity index (χ4v) is 0.776. The molecule has 0 N–H and O–H groups in total. The van der Waals surface area contributed by atoms with Gasteiger partial charge in [0.25, 0.3) is 0 Å². The number of nitrogens with zero attached hydrogens (tertiary/aromatic N) is 1. The molecule has 0 aromatic rings. The van der Waals surface area contributed by atoms with Crippen LogP contribution in [0.4, 0.5) is 0 Å². The van der Waals surface area contributed by atoms with Crippen LogP contribution in [-0.4, -0.2) is 12.3 Å². The second-order valence-corrected chi connectivity index (χ2v) is 3.85. The average Bonchev–Trinajstić information content (AvgIpc) is 1.84. The van der Waals surface area contributed by atoms with E-state index in [9.17, 15) is 0 Å². The highest BCUT2D eigenvalue weighted by atomic mass is 14.7. The van der Waals surface area contributed by atoms with Crippen LogP contribution in [0.15, 0.2) is 17.6 Å². The molecule has 0 bridgehead atoms. The molecule has 0 fully saturated rings. The maximum Gasteiger partial charge on any atom is 0.0439 e. The van der Waals surface area contributed by atoms with Crippen LogP contribution in [0, 0.1) is 5.41 Å². The molecule has 0 spiro atoms. The van der Waals surface area contributed by atoms with Crippen molar-refractivity contribution in [3.63, 3.8) is 0 Å². The van der Waals surface area contributed by atoms with Gasteiger partial charge in [-0.2, -0.15) is 0 Å². The summed E-state index contributed by atoms with van der Waals surface area (Å²) in [4.78, 5) is 4.34. The summed E-state index contributed by atoms with van der Waals surface area (Å²) < 4.78 is 0. The largest absolute Gasteiger partial charge is 0.294 e. The summed E-state index contributed by atoms with van der Waals surface area (Å²) in [6.45, 7) is 12.2. The minimum atomic E-state index is 0.173. The van der Waals surface area contributed by atoms with Gasteiger partial charge in [0.15, 0.2) is 0 Å². The molecule has 0 radical (unpaired) electrons. The average molecular weight is 153 g/mol. The Morgan fingerprint density at radius 3 is 2.36 bits per heavy atom. The van der Waals surface area contributed by atoms with Crippen LogP contribution in [0.3, 0.4) is 0 Å². The van der Waals surface area contributed by atoms with Gasteiger partial charge in [0.2, 0.25) is 0 Å².